The molecule has 2 rings (SSSR count). The van der Waals surface area contributed by atoms with Crippen molar-refractivity contribution in [3.8, 4) is 6.07 Å². The highest BCUT2D eigenvalue weighted by Gasteiger charge is 2.30. The van der Waals surface area contributed by atoms with E-state index < -0.39 is 22.7 Å². The van der Waals surface area contributed by atoms with Crippen LogP contribution in [0.25, 0.3) is 0 Å². The average Bonchev–Trinajstić information content (AvgIpc) is 2.98. The van der Waals surface area contributed by atoms with Crippen LogP contribution in [0.4, 0.5) is 14.5 Å². The van der Waals surface area contributed by atoms with Gasteiger partial charge >= 0.3 is 5.69 Å². The van der Waals surface area contributed by atoms with Gasteiger partial charge in [-0.15, -0.1) is 0 Å². The van der Waals surface area contributed by atoms with E-state index in [9.17, 15) is 18.9 Å². The minimum absolute atomic E-state index is 0.100. The highest BCUT2D eigenvalue weighted by Crippen LogP contribution is 2.35. The third-order valence-electron chi connectivity index (χ3n) is 4.05. The molecule has 0 unspecified atom stereocenters. The molecular weight excluding hydrogens is 310 g/mol. The van der Waals surface area contributed by atoms with Gasteiger partial charge in [0.15, 0.2) is 0 Å². The summed E-state index contributed by atoms with van der Waals surface area (Å²) >= 11 is 0. The summed E-state index contributed by atoms with van der Waals surface area (Å²) in [6.45, 7) is 0.996. The fraction of sp³-hybridized carbons (Fsp3) is 0.714. The van der Waals surface area contributed by atoms with Gasteiger partial charge in [0.1, 0.15) is 6.20 Å². The molecule has 0 radical (unpaired) electrons. The molecule has 1 aromatic heterocycles. The number of nitrogens with zero attached hydrogens (tertiary/aromatic N) is 4. The first kappa shape index (κ1) is 17.3. The van der Waals surface area contributed by atoms with Gasteiger partial charge in [0.2, 0.25) is 5.69 Å². The van der Waals surface area contributed by atoms with E-state index in [2.05, 4.69) is 5.10 Å². The number of nitriles is 1. The van der Waals surface area contributed by atoms with Gasteiger partial charge in [-0.3, -0.25) is 14.8 Å². The minimum Gasteiger partial charge on any atom is -0.380 e. The molecule has 0 atom stereocenters. The van der Waals surface area contributed by atoms with Crippen LogP contribution < -0.4 is 0 Å². The molecular formula is C14H18F2N4O3. The van der Waals surface area contributed by atoms with Crippen LogP contribution in [0.1, 0.15) is 50.3 Å². The molecule has 1 saturated carbocycles. The second kappa shape index (κ2) is 7.97. The quantitative estimate of drug-likeness (QED) is 0.434. The molecule has 9 heteroatoms. The molecule has 0 saturated heterocycles. The van der Waals surface area contributed by atoms with Crippen LogP contribution in [0, 0.1) is 27.4 Å². The van der Waals surface area contributed by atoms with E-state index in [0.717, 1.165) is 19.0 Å². The maximum absolute atomic E-state index is 12.8. The summed E-state index contributed by atoms with van der Waals surface area (Å²) < 4.78 is 32.3. The average molecular weight is 328 g/mol. The Balaban J connectivity index is 1.91. The molecule has 0 aromatic carbocycles. The lowest BCUT2D eigenvalue weighted by molar-refractivity contribution is -0.386. The van der Waals surface area contributed by atoms with Crippen molar-refractivity contribution in [2.45, 2.75) is 44.6 Å². The Hall–Kier alpha value is -2.08. The van der Waals surface area contributed by atoms with E-state index in [1.807, 2.05) is 6.07 Å². The SMILES string of the molecule is N#CCCOCC1CCC(n2cc([N+](=O)[O-])c(C(F)F)n2)CC1. The van der Waals surface area contributed by atoms with Crippen LogP contribution in [0.15, 0.2) is 6.20 Å². The van der Waals surface area contributed by atoms with Crippen molar-refractivity contribution in [2.24, 2.45) is 5.92 Å². The lowest BCUT2D eigenvalue weighted by atomic mass is 9.86. The Bertz CT molecular complexity index is 577. The topological polar surface area (TPSA) is 94.0 Å². The molecule has 0 spiro atoms. The van der Waals surface area contributed by atoms with Crippen molar-refractivity contribution < 1.29 is 18.4 Å². The predicted octanol–water partition coefficient (Wildman–Crippen LogP) is 3.39. The van der Waals surface area contributed by atoms with E-state index >= 15 is 0 Å². The monoisotopic (exact) mass is 328 g/mol. The van der Waals surface area contributed by atoms with Crippen molar-refractivity contribution in [2.75, 3.05) is 13.2 Å². The summed E-state index contributed by atoms with van der Waals surface area (Å²) in [6.07, 6.45) is 1.63. The van der Waals surface area contributed by atoms with E-state index in [-0.39, 0.29) is 6.04 Å². The normalized spacial score (nSPS) is 21.3. The number of rotatable bonds is 7. The van der Waals surface area contributed by atoms with Crippen LogP contribution in [0.3, 0.4) is 0 Å². The molecule has 0 bridgehead atoms. The van der Waals surface area contributed by atoms with Gasteiger partial charge in [0.05, 0.1) is 30.1 Å². The van der Waals surface area contributed by atoms with Crippen LogP contribution in [-0.2, 0) is 4.74 Å². The zero-order valence-corrected chi connectivity index (χ0v) is 12.5. The summed E-state index contributed by atoms with van der Waals surface area (Å²) in [7, 11) is 0. The zero-order valence-electron chi connectivity index (χ0n) is 12.5. The number of hydrogen-bond acceptors (Lipinski definition) is 5. The largest absolute Gasteiger partial charge is 0.380 e. The van der Waals surface area contributed by atoms with Crippen LogP contribution in [0.5, 0.6) is 0 Å². The number of nitro groups is 1. The Morgan fingerprint density at radius 3 is 2.70 bits per heavy atom. The number of halogens is 2. The van der Waals surface area contributed by atoms with Crippen LogP contribution in [-0.4, -0.2) is 27.9 Å². The summed E-state index contributed by atoms with van der Waals surface area (Å²) in [5.41, 5.74) is -1.39. The van der Waals surface area contributed by atoms with Gasteiger partial charge in [-0.05, 0) is 31.6 Å². The number of hydrogen-bond donors (Lipinski definition) is 0. The van der Waals surface area contributed by atoms with Gasteiger partial charge in [0, 0.05) is 6.61 Å². The second-order valence-corrected chi connectivity index (χ2v) is 5.59. The third-order valence-corrected chi connectivity index (χ3v) is 4.05. The first-order chi connectivity index (χ1) is 11.0. The smallest absolute Gasteiger partial charge is 0.316 e. The van der Waals surface area contributed by atoms with Crippen molar-refractivity contribution in [3.63, 3.8) is 0 Å². The second-order valence-electron chi connectivity index (χ2n) is 5.59. The molecule has 1 aromatic rings. The Kier molecular flexibility index (Phi) is 5.98. The Labute approximate surface area is 132 Å². The Morgan fingerprint density at radius 1 is 1.48 bits per heavy atom. The van der Waals surface area contributed by atoms with E-state index in [4.69, 9.17) is 10.00 Å². The van der Waals surface area contributed by atoms with Gasteiger partial charge in [-0.25, -0.2) is 8.78 Å². The van der Waals surface area contributed by atoms with Gasteiger partial charge in [-0.2, -0.15) is 10.4 Å². The molecule has 1 aliphatic rings. The lowest BCUT2D eigenvalue weighted by Gasteiger charge is -2.28. The molecule has 0 amide bonds. The highest BCUT2D eigenvalue weighted by atomic mass is 19.3. The molecule has 23 heavy (non-hydrogen) atoms. The predicted molar refractivity (Wildman–Crippen MR) is 75.9 cm³/mol. The summed E-state index contributed by atoms with van der Waals surface area (Å²) in [6, 6.07) is 1.91. The molecule has 1 aliphatic carbocycles. The van der Waals surface area contributed by atoms with Gasteiger partial charge in [0.25, 0.3) is 6.43 Å². The first-order valence-electron chi connectivity index (χ1n) is 7.49. The molecule has 7 nitrogen and oxygen atoms in total. The van der Waals surface area contributed by atoms with Crippen molar-refractivity contribution in [3.05, 3.63) is 22.0 Å². The van der Waals surface area contributed by atoms with E-state index in [0.29, 0.717) is 38.4 Å². The molecule has 0 aliphatic heterocycles. The highest BCUT2D eigenvalue weighted by molar-refractivity contribution is 5.33. The number of alkyl halides is 2. The summed E-state index contributed by atoms with van der Waals surface area (Å²) in [5.74, 6) is 0.366. The number of aromatic nitrogens is 2. The summed E-state index contributed by atoms with van der Waals surface area (Å²) in [5, 5.41) is 23.0. The standard InChI is InChI=1S/C14H18F2N4O3/c15-14(16)13-12(20(21)22)8-19(18-13)11-4-2-10(3-5-11)9-23-7-1-6-17/h8,10-11,14H,1-5,7,9H2. The minimum atomic E-state index is -2.96. The summed E-state index contributed by atoms with van der Waals surface area (Å²) in [4.78, 5) is 10.0. The van der Waals surface area contributed by atoms with Crippen molar-refractivity contribution >= 4 is 5.69 Å². The Morgan fingerprint density at radius 2 is 2.17 bits per heavy atom. The maximum Gasteiger partial charge on any atom is 0.316 e. The van der Waals surface area contributed by atoms with Crippen LogP contribution >= 0.6 is 0 Å². The lowest BCUT2D eigenvalue weighted by Crippen LogP contribution is -2.21. The van der Waals surface area contributed by atoms with Crippen molar-refractivity contribution in [1.29, 1.82) is 5.26 Å². The fourth-order valence-electron chi connectivity index (χ4n) is 2.82. The zero-order chi connectivity index (χ0) is 16.8. The third kappa shape index (κ3) is 4.45. The van der Waals surface area contributed by atoms with Gasteiger partial charge < -0.3 is 4.74 Å². The molecule has 0 N–H and O–H groups in total. The maximum atomic E-state index is 12.8. The number of ether oxygens (including phenoxy) is 1. The molecule has 1 fully saturated rings. The van der Waals surface area contributed by atoms with Gasteiger partial charge in [-0.1, -0.05) is 0 Å². The van der Waals surface area contributed by atoms with E-state index in [1.54, 1.807) is 0 Å². The first-order valence-corrected chi connectivity index (χ1v) is 7.49. The van der Waals surface area contributed by atoms with Crippen molar-refractivity contribution in [1.82, 2.24) is 9.78 Å². The molecule has 126 valence electrons. The fourth-order valence-corrected chi connectivity index (χ4v) is 2.82. The van der Waals surface area contributed by atoms with E-state index in [1.165, 1.54) is 4.68 Å². The molecule has 1 heterocycles. The van der Waals surface area contributed by atoms with Crippen LogP contribution in [0.2, 0.25) is 0 Å².